The second-order valence-corrected chi connectivity index (χ2v) is 7.83. The summed E-state index contributed by atoms with van der Waals surface area (Å²) in [6, 6.07) is 8.31. The topological polar surface area (TPSA) is 71.1 Å². The maximum atomic E-state index is 12.3. The molecule has 2 N–H and O–H groups in total. The predicted octanol–water partition coefficient (Wildman–Crippen LogP) is 4.35. The zero-order valence-corrected chi connectivity index (χ0v) is 15.6. The summed E-state index contributed by atoms with van der Waals surface area (Å²) in [6.07, 6.45) is 1.74. The number of amides is 2. The quantitative estimate of drug-likeness (QED) is 0.679. The van der Waals surface area contributed by atoms with Crippen molar-refractivity contribution >= 4 is 51.8 Å². The molecule has 1 aromatic carbocycles. The molecule has 0 aliphatic carbocycles. The van der Waals surface area contributed by atoms with Crippen LogP contribution >= 0.6 is 34.3 Å². The summed E-state index contributed by atoms with van der Waals surface area (Å²) in [6.45, 7) is 2.32. The number of benzene rings is 1. The molecule has 0 radical (unpaired) electrons. The van der Waals surface area contributed by atoms with Crippen LogP contribution in [0.2, 0.25) is 5.02 Å². The van der Waals surface area contributed by atoms with Crippen molar-refractivity contribution in [2.75, 3.05) is 5.32 Å². The third-order valence-corrected chi connectivity index (χ3v) is 5.43. The van der Waals surface area contributed by atoms with Gasteiger partial charge in [-0.05, 0) is 36.6 Å². The van der Waals surface area contributed by atoms with E-state index in [-0.39, 0.29) is 11.8 Å². The van der Waals surface area contributed by atoms with Crippen molar-refractivity contribution < 1.29 is 9.59 Å². The van der Waals surface area contributed by atoms with Crippen LogP contribution in [0.3, 0.4) is 0 Å². The molecule has 0 aliphatic heterocycles. The molecule has 2 aromatic heterocycles. The smallest absolute Gasteiger partial charge is 0.265 e. The molecular weight excluding hydrogens is 378 g/mol. The number of anilines is 1. The maximum Gasteiger partial charge on any atom is 0.265 e. The minimum Gasteiger partial charge on any atom is -0.347 e. The van der Waals surface area contributed by atoms with Gasteiger partial charge in [-0.1, -0.05) is 17.7 Å². The van der Waals surface area contributed by atoms with E-state index in [0.717, 1.165) is 9.88 Å². The molecule has 0 spiro atoms. The van der Waals surface area contributed by atoms with E-state index in [4.69, 9.17) is 11.6 Å². The molecule has 0 unspecified atom stereocenters. The first-order valence-corrected chi connectivity index (χ1v) is 9.44. The second-order valence-electron chi connectivity index (χ2n) is 5.15. The Balaban J connectivity index is 1.69. The van der Waals surface area contributed by atoms with Crippen molar-refractivity contribution in [3.05, 3.63) is 67.3 Å². The number of rotatable bonds is 5. The van der Waals surface area contributed by atoms with Crippen molar-refractivity contribution in [1.29, 1.82) is 0 Å². The average molecular weight is 392 g/mol. The van der Waals surface area contributed by atoms with Gasteiger partial charge in [0.05, 0.1) is 27.1 Å². The zero-order chi connectivity index (χ0) is 17.8. The molecular formula is C17H14ClN3O2S2. The molecule has 3 aromatic rings. The lowest BCUT2D eigenvalue weighted by Gasteiger charge is -2.09. The van der Waals surface area contributed by atoms with Gasteiger partial charge in [-0.15, -0.1) is 22.7 Å². The lowest BCUT2D eigenvalue weighted by Crippen LogP contribution is -2.22. The second kappa shape index (κ2) is 7.77. The number of aromatic nitrogens is 1. The van der Waals surface area contributed by atoms with Crippen molar-refractivity contribution in [1.82, 2.24) is 10.3 Å². The number of thiazole rings is 1. The number of hydrogen-bond acceptors (Lipinski definition) is 5. The molecule has 0 fully saturated rings. The van der Waals surface area contributed by atoms with E-state index in [1.807, 2.05) is 12.3 Å². The van der Waals surface area contributed by atoms with Crippen molar-refractivity contribution in [3.63, 3.8) is 0 Å². The highest BCUT2D eigenvalue weighted by molar-refractivity contribution is 7.12. The van der Waals surface area contributed by atoms with Gasteiger partial charge in [0, 0.05) is 16.6 Å². The Morgan fingerprint density at radius 2 is 2.08 bits per heavy atom. The minimum absolute atomic E-state index is 0.241. The summed E-state index contributed by atoms with van der Waals surface area (Å²) < 4.78 is 0. The number of aryl methyl sites for hydroxylation is 1. The Hall–Kier alpha value is -2.22. The molecule has 5 nitrogen and oxygen atoms in total. The largest absolute Gasteiger partial charge is 0.347 e. The first kappa shape index (κ1) is 17.6. The fraction of sp³-hybridized carbons (Fsp3) is 0.118. The van der Waals surface area contributed by atoms with Crippen LogP contribution in [0.25, 0.3) is 0 Å². The highest BCUT2D eigenvalue weighted by Gasteiger charge is 2.13. The molecule has 2 heterocycles. The van der Waals surface area contributed by atoms with Crippen LogP contribution in [0, 0.1) is 6.92 Å². The van der Waals surface area contributed by atoms with Gasteiger partial charge in [0.25, 0.3) is 11.8 Å². The van der Waals surface area contributed by atoms with Crippen LogP contribution < -0.4 is 10.6 Å². The van der Waals surface area contributed by atoms with E-state index in [1.165, 1.54) is 22.7 Å². The standard InChI is InChI=1S/C17H14ClN3O2S2/c1-10-19-8-12(25-10)9-20-16(22)11-4-5-13(18)14(7-11)21-17(23)15-3-2-6-24-15/h2-8H,9H2,1H3,(H,20,22)(H,21,23). The molecule has 0 saturated heterocycles. The summed E-state index contributed by atoms with van der Waals surface area (Å²) in [5.41, 5.74) is 0.827. The zero-order valence-electron chi connectivity index (χ0n) is 13.2. The summed E-state index contributed by atoms with van der Waals surface area (Å²) >= 11 is 9.00. The van der Waals surface area contributed by atoms with Gasteiger partial charge < -0.3 is 10.6 Å². The maximum absolute atomic E-state index is 12.3. The molecule has 128 valence electrons. The van der Waals surface area contributed by atoms with Crippen LogP contribution in [-0.2, 0) is 6.54 Å². The van der Waals surface area contributed by atoms with Crippen molar-refractivity contribution in [3.8, 4) is 0 Å². The predicted molar refractivity (Wildman–Crippen MR) is 102 cm³/mol. The molecule has 0 bridgehead atoms. The van der Waals surface area contributed by atoms with Gasteiger partial charge in [-0.3, -0.25) is 9.59 Å². The fourth-order valence-electron chi connectivity index (χ4n) is 2.11. The van der Waals surface area contributed by atoms with Crippen LogP contribution in [0.4, 0.5) is 5.69 Å². The highest BCUT2D eigenvalue weighted by Crippen LogP contribution is 2.24. The van der Waals surface area contributed by atoms with Gasteiger partial charge in [0.1, 0.15) is 0 Å². The Bertz CT molecular complexity index is 907. The summed E-state index contributed by atoms with van der Waals surface area (Å²) in [5.74, 6) is -0.496. The summed E-state index contributed by atoms with van der Waals surface area (Å²) in [4.78, 5) is 30.2. The Kier molecular flexibility index (Phi) is 5.47. The number of carbonyl (C=O) groups excluding carboxylic acids is 2. The Morgan fingerprint density at radius 3 is 2.76 bits per heavy atom. The van der Waals surface area contributed by atoms with Gasteiger partial charge in [-0.2, -0.15) is 0 Å². The van der Waals surface area contributed by atoms with E-state index in [9.17, 15) is 9.59 Å². The van der Waals surface area contributed by atoms with E-state index in [0.29, 0.717) is 27.7 Å². The lowest BCUT2D eigenvalue weighted by atomic mass is 10.2. The number of thiophene rings is 1. The molecule has 2 amide bonds. The molecule has 8 heteroatoms. The molecule has 0 aliphatic rings. The Morgan fingerprint density at radius 1 is 1.24 bits per heavy atom. The first-order valence-electron chi connectivity index (χ1n) is 7.37. The minimum atomic E-state index is -0.255. The monoisotopic (exact) mass is 391 g/mol. The Labute approximate surface area is 157 Å². The van der Waals surface area contributed by atoms with Gasteiger partial charge in [-0.25, -0.2) is 4.98 Å². The fourth-order valence-corrected chi connectivity index (χ4v) is 3.63. The lowest BCUT2D eigenvalue weighted by molar-refractivity contribution is 0.0950. The molecule has 25 heavy (non-hydrogen) atoms. The van der Waals surface area contributed by atoms with Crippen LogP contribution in [0.5, 0.6) is 0 Å². The number of halogens is 1. The SMILES string of the molecule is Cc1ncc(CNC(=O)c2ccc(Cl)c(NC(=O)c3cccs3)c2)s1. The van der Waals surface area contributed by atoms with Gasteiger partial charge >= 0.3 is 0 Å². The normalized spacial score (nSPS) is 10.5. The molecule has 3 rings (SSSR count). The van der Waals surface area contributed by atoms with E-state index in [1.54, 1.807) is 36.5 Å². The van der Waals surface area contributed by atoms with E-state index < -0.39 is 0 Å². The van der Waals surface area contributed by atoms with E-state index >= 15 is 0 Å². The van der Waals surface area contributed by atoms with Crippen molar-refractivity contribution in [2.24, 2.45) is 0 Å². The summed E-state index contributed by atoms with van der Waals surface area (Å²) in [7, 11) is 0. The van der Waals surface area contributed by atoms with Crippen LogP contribution in [0.15, 0.2) is 41.9 Å². The van der Waals surface area contributed by atoms with Gasteiger partial charge in [0.15, 0.2) is 0 Å². The van der Waals surface area contributed by atoms with Crippen LogP contribution in [0.1, 0.15) is 29.9 Å². The number of carbonyl (C=O) groups is 2. The third kappa shape index (κ3) is 4.45. The first-order chi connectivity index (χ1) is 12.0. The average Bonchev–Trinajstić information content (AvgIpc) is 3.26. The number of nitrogens with one attached hydrogen (secondary N) is 2. The number of hydrogen-bond donors (Lipinski definition) is 2. The molecule has 0 atom stereocenters. The van der Waals surface area contributed by atoms with E-state index in [2.05, 4.69) is 15.6 Å². The summed E-state index contributed by atoms with van der Waals surface area (Å²) in [5, 5.41) is 8.72. The van der Waals surface area contributed by atoms with Crippen molar-refractivity contribution in [2.45, 2.75) is 13.5 Å². The van der Waals surface area contributed by atoms with Crippen LogP contribution in [-0.4, -0.2) is 16.8 Å². The highest BCUT2D eigenvalue weighted by atomic mass is 35.5. The molecule has 0 saturated carbocycles. The van der Waals surface area contributed by atoms with Gasteiger partial charge in [0.2, 0.25) is 0 Å². The third-order valence-electron chi connectivity index (χ3n) is 3.31. The number of nitrogens with zero attached hydrogens (tertiary/aromatic N) is 1.